The van der Waals surface area contributed by atoms with Crippen LogP contribution in [0.4, 0.5) is 31.0 Å². The number of fused-ring (bicyclic) bond motifs is 1. The lowest BCUT2D eigenvalue weighted by Gasteiger charge is -2.36. The summed E-state index contributed by atoms with van der Waals surface area (Å²) in [7, 11) is 5.50. The van der Waals surface area contributed by atoms with Crippen molar-refractivity contribution in [1.29, 1.82) is 0 Å². The predicted octanol–water partition coefficient (Wildman–Crippen LogP) is 4.01. The molecule has 0 spiro atoms. The minimum absolute atomic E-state index is 0.0418. The molecule has 2 aromatic rings. The lowest BCUT2D eigenvalue weighted by Crippen LogP contribution is -2.48. The molecule has 0 unspecified atom stereocenters. The van der Waals surface area contributed by atoms with Crippen LogP contribution in [0.3, 0.4) is 0 Å². The lowest BCUT2D eigenvalue weighted by atomic mass is 9.91. The number of amides is 2. The Bertz CT molecular complexity index is 1030. The topological polar surface area (TPSA) is 73.8 Å². The second kappa shape index (κ2) is 9.46. The molecule has 178 valence electrons. The molecule has 1 fully saturated rings. The predicted molar refractivity (Wildman–Crippen MR) is 123 cm³/mol. The first-order chi connectivity index (χ1) is 15.8. The Hall–Kier alpha value is -3.01. The van der Waals surface area contributed by atoms with Crippen LogP contribution in [0.25, 0.3) is 0 Å². The van der Waals surface area contributed by atoms with E-state index in [1.807, 2.05) is 0 Å². The van der Waals surface area contributed by atoms with Crippen LogP contribution in [0.15, 0.2) is 18.3 Å². The first kappa shape index (κ1) is 23.2. The van der Waals surface area contributed by atoms with E-state index < -0.39 is 23.4 Å². The second-order valence-corrected chi connectivity index (χ2v) is 8.68. The van der Waals surface area contributed by atoms with Crippen LogP contribution in [-0.4, -0.2) is 60.7 Å². The fourth-order valence-electron chi connectivity index (χ4n) is 4.59. The van der Waals surface area contributed by atoms with E-state index in [1.54, 1.807) is 13.1 Å². The molecule has 1 aromatic carbocycles. The van der Waals surface area contributed by atoms with E-state index in [2.05, 4.69) is 34.3 Å². The Labute approximate surface area is 192 Å². The Morgan fingerprint density at radius 3 is 2.58 bits per heavy atom. The molecular weight excluding hydrogens is 430 g/mol. The Kier molecular flexibility index (Phi) is 6.64. The van der Waals surface area contributed by atoms with Crippen molar-refractivity contribution in [1.82, 2.24) is 14.9 Å². The molecule has 1 aliphatic heterocycles. The van der Waals surface area contributed by atoms with Gasteiger partial charge in [-0.1, -0.05) is 0 Å². The number of anilines is 3. The largest absolute Gasteiger partial charge is 0.494 e. The van der Waals surface area contributed by atoms with E-state index in [4.69, 9.17) is 4.74 Å². The van der Waals surface area contributed by atoms with E-state index >= 15 is 0 Å². The van der Waals surface area contributed by atoms with Crippen molar-refractivity contribution in [2.24, 2.45) is 0 Å². The van der Waals surface area contributed by atoms with Gasteiger partial charge in [-0.05, 0) is 58.8 Å². The Morgan fingerprint density at radius 2 is 1.94 bits per heavy atom. The summed E-state index contributed by atoms with van der Waals surface area (Å²) < 4.78 is 34.4. The first-order valence-corrected chi connectivity index (χ1v) is 11.2. The number of nitrogens with zero attached hydrogens (tertiary/aromatic N) is 5. The highest BCUT2D eigenvalue weighted by atomic mass is 19.1. The number of benzene rings is 1. The third-order valence-corrected chi connectivity index (χ3v) is 6.49. The minimum atomic E-state index is -0.919. The van der Waals surface area contributed by atoms with Gasteiger partial charge in [-0.3, -0.25) is 9.80 Å². The van der Waals surface area contributed by atoms with Crippen molar-refractivity contribution in [3.8, 4) is 5.75 Å². The number of rotatable bonds is 6. The lowest BCUT2D eigenvalue weighted by molar-refractivity contribution is 0.221. The number of hydrogen-bond donors (Lipinski definition) is 1. The monoisotopic (exact) mass is 460 g/mol. The third kappa shape index (κ3) is 4.44. The number of hydrogen-bond acceptors (Lipinski definition) is 6. The van der Waals surface area contributed by atoms with Gasteiger partial charge in [0.25, 0.3) is 0 Å². The van der Waals surface area contributed by atoms with Crippen LogP contribution >= 0.6 is 0 Å². The number of halogens is 2. The maximum Gasteiger partial charge on any atom is 0.330 e. The number of nitrogens with one attached hydrogen (secondary N) is 1. The van der Waals surface area contributed by atoms with Crippen molar-refractivity contribution >= 4 is 23.5 Å². The number of methoxy groups -OCH3 is 1. The molecular formula is C23H30F2N6O2. The van der Waals surface area contributed by atoms with Crippen molar-refractivity contribution < 1.29 is 18.3 Å². The number of carbonyl (C=O) groups excluding carboxylic acids is 1. The highest BCUT2D eigenvalue weighted by Crippen LogP contribution is 2.36. The van der Waals surface area contributed by atoms with Gasteiger partial charge in [-0.2, -0.15) is 4.98 Å². The average Bonchev–Trinajstić information content (AvgIpc) is 2.80. The fourth-order valence-corrected chi connectivity index (χ4v) is 4.59. The zero-order valence-corrected chi connectivity index (χ0v) is 19.4. The molecule has 1 aromatic heterocycles. The molecule has 0 saturated heterocycles. The molecule has 1 saturated carbocycles. The molecule has 8 nitrogen and oxygen atoms in total. The van der Waals surface area contributed by atoms with Gasteiger partial charge < -0.3 is 15.0 Å². The summed E-state index contributed by atoms with van der Waals surface area (Å²) in [6.45, 7) is 2.04. The first-order valence-electron chi connectivity index (χ1n) is 11.2. The summed E-state index contributed by atoms with van der Waals surface area (Å²) in [5, 5.41) is 3.40. The molecule has 2 aliphatic rings. The van der Waals surface area contributed by atoms with Crippen LogP contribution in [0.1, 0.15) is 38.2 Å². The summed E-state index contributed by atoms with van der Waals surface area (Å²) >= 11 is 0. The molecule has 33 heavy (non-hydrogen) atoms. The highest BCUT2D eigenvalue weighted by Gasteiger charge is 2.36. The van der Waals surface area contributed by atoms with Gasteiger partial charge in [0.05, 0.1) is 13.7 Å². The summed E-state index contributed by atoms with van der Waals surface area (Å²) in [4.78, 5) is 27.0. The van der Waals surface area contributed by atoms with E-state index in [9.17, 15) is 13.6 Å². The molecule has 10 heteroatoms. The third-order valence-electron chi connectivity index (χ3n) is 6.49. The molecule has 0 radical (unpaired) electrons. The number of urea groups is 1. The van der Waals surface area contributed by atoms with Gasteiger partial charge >= 0.3 is 6.03 Å². The van der Waals surface area contributed by atoms with Crippen LogP contribution < -0.4 is 19.9 Å². The van der Waals surface area contributed by atoms with Gasteiger partial charge in [0, 0.05) is 30.4 Å². The van der Waals surface area contributed by atoms with Gasteiger partial charge in [-0.15, -0.1) is 0 Å². The molecule has 2 amide bonds. The Balaban J connectivity index is 1.58. The summed E-state index contributed by atoms with van der Waals surface area (Å²) in [5.74, 6) is -0.971. The molecule has 4 rings (SSSR count). The highest BCUT2D eigenvalue weighted by molar-refractivity contribution is 6.05. The Morgan fingerprint density at radius 1 is 1.21 bits per heavy atom. The SMILES string of the molecule is CCN1C(=O)N(c2c(F)ccc(OC)c2F)Cc2cnc(NC3CCC(N(C)C)CC3)nc21. The maximum atomic E-state index is 14.9. The molecule has 0 atom stereocenters. The average molecular weight is 461 g/mol. The van der Waals surface area contributed by atoms with Gasteiger partial charge in [0.2, 0.25) is 5.95 Å². The maximum absolute atomic E-state index is 14.9. The normalized spacial score (nSPS) is 20.8. The van der Waals surface area contributed by atoms with Crippen LogP contribution in [0.5, 0.6) is 5.75 Å². The molecule has 1 N–H and O–H groups in total. The van der Waals surface area contributed by atoms with Crippen molar-refractivity contribution in [2.75, 3.05) is 42.9 Å². The van der Waals surface area contributed by atoms with Crippen LogP contribution in [0, 0.1) is 11.6 Å². The van der Waals surface area contributed by atoms with Gasteiger partial charge in [0.1, 0.15) is 17.3 Å². The van der Waals surface area contributed by atoms with E-state index in [0.29, 0.717) is 29.9 Å². The van der Waals surface area contributed by atoms with E-state index in [0.717, 1.165) is 36.6 Å². The summed E-state index contributed by atoms with van der Waals surface area (Å²) in [6, 6.07) is 2.59. The van der Waals surface area contributed by atoms with Crippen LogP contribution in [-0.2, 0) is 6.54 Å². The van der Waals surface area contributed by atoms with Gasteiger partial charge in [0.15, 0.2) is 11.6 Å². The van der Waals surface area contributed by atoms with Crippen LogP contribution in [0.2, 0.25) is 0 Å². The number of aromatic nitrogens is 2. The van der Waals surface area contributed by atoms with Crippen molar-refractivity contribution in [3.63, 3.8) is 0 Å². The van der Waals surface area contributed by atoms with E-state index in [-0.39, 0.29) is 18.3 Å². The molecule has 2 heterocycles. The summed E-state index contributed by atoms with van der Waals surface area (Å²) in [5.41, 5.74) is 0.170. The zero-order chi connectivity index (χ0) is 23.7. The van der Waals surface area contributed by atoms with Gasteiger partial charge in [-0.25, -0.2) is 18.6 Å². The fraction of sp³-hybridized carbons (Fsp3) is 0.522. The molecule has 1 aliphatic carbocycles. The summed E-state index contributed by atoms with van der Waals surface area (Å²) in [6.07, 6.45) is 5.85. The van der Waals surface area contributed by atoms with Crippen molar-refractivity contribution in [3.05, 3.63) is 35.5 Å². The molecule has 0 bridgehead atoms. The minimum Gasteiger partial charge on any atom is -0.494 e. The standard InChI is InChI=1S/C23H30F2N6O2/c1-5-30-21-14(12-26-22(28-21)27-15-6-8-16(9-7-15)29(2)3)13-31(23(30)32)20-17(24)10-11-18(33-4)19(20)25/h10-12,15-16H,5-9,13H2,1-4H3,(H,26,27,28). The number of carbonyl (C=O) groups is 1. The zero-order valence-electron chi connectivity index (χ0n) is 19.4. The smallest absolute Gasteiger partial charge is 0.330 e. The quantitative estimate of drug-likeness (QED) is 0.702. The second-order valence-electron chi connectivity index (χ2n) is 8.68. The van der Waals surface area contributed by atoms with Crippen molar-refractivity contribution in [2.45, 2.75) is 51.2 Å². The van der Waals surface area contributed by atoms with E-state index in [1.165, 1.54) is 18.1 Å². The number of ether oxygens (including phenoxy) is 1.